The molecule has 0 amide bonds. The van der Waals surface area contributed by atoms with E-state index in [1.807, 2.05) is 6.92 Å². The highest BCUT2D eigenvalue weighted by Crippen LogP contribution is 2.48. The molecule has 2 nitrogen and oxygen atoms in total. The third kappa shape index (κ3) is 2.19. The highest BCUT2D eigenvalue weighted by molar-refractivity contribution is 9.10. The van der Waals surface area contributed by atoms with Gasteiger partial charge in [-0.1, -0.05) is 13.3 Å². The van der Waals surface area contributed by atoms with E-state index in [2.05, 4.69) is 32.4 Å². The first kappa shape index (κ1) is 13.4. The molecule has 0 aliphatic heterocycles. The average Bonchev–Trinajstić information content (AvgIpc) is 3.05. The van der Waals surface area contributed by atoms with Crippen LogP contribution in [0.5, 0.6) is 0 Å². The Balaban J connectivity index is 2.21. The molecule has 102 valence electrons. The van der Waals surface area contributed by atoms with Crippen molar-refractivity contribution in [3.05, 3.63) is 28.2 Å². The van der Waals surface area contributed by atoms with Crippen molar-refractivity contribution in [3.8, 4) is 0 Å². The van der Waals surface area contributed by atoms with E-state index in [4.69, 9.17) is 11.6 Å². The van der Waals surface area contributed by atoms with Gasteiger partial charge in [0.2, 0.25) is 0 Å². The van der Waals surface area contributed by atoms with Gasteiger partial charge in [0.25, 0.3) is 0 Å². The Hall–Kier alpha value is -0.610. The lowest BCUT2D eigenvalue weighted by molar-refractivity contribution is 0.611. The Morgan fingerprint density at radius 3 is 2.89 bits per heavy atom. The van der Waals surface area contributed by atoms with Crippen molar-refractivity contribution in [3.63, 3.8) is 0 Å². The predicted octanol–water partition coefficient (Wildman–Crippen LogP) is 5.21. The maximum atomic E-state index is 13.8. The Morgan fingerprint density at radius 2 is 2.32 bits per heavy atom. The first-order valence-corrected chi connectivity index (χ1v) is 7.76. The van der Waals surface area contributed by atoms with E-state index in [1.165, 1.54) is 0 Å². The van der Waals surface area contributed by atoms with Gasteiger partial charge in [-0.15, -0.1) is 11.6 Å². The van der Waals surface area contributed by atoms with Crippen molar-refractivity contribution < 1.29 is 4.39 Å². The lowest BCUT2D eigenvalue weighted by atomic mass is 10.3. The number of hydrogen-bond acceptors (Lipinski definition) is 1. The number of halogens is 3. The second-order valence-electron chi connectivity index (χ2n) is 5.18. The Morgan fingerprint density at radius 1 is 1.58 bits per heavy atom. The largest absolute Gasteiger partial charge is 0.323 e. The second kappa shape index (κ2) is 4.74. The number of nitrogens with zero attached hydrogens (tertiary/aromatic N) is 2. The summed E-state index contributed by atoms with van der Waals surface area (Å²) in [6, 6.07) is 3.71. The molecule has 1 aromatic heterocycles. The van der Waals surface area contributed by atoms with Crippen LogP contribution in [-0.2, 0) is 0 Å². The van der Waals surface area contributed by atoms with Gasteiger partial charge in [-0.2, -0.15) is 0 Å². The standard InChI is InChI=1S/C14H15BrClFN2/c1-3-8-4-12(8)19-13-6-10(17)9(15)5-11(13)18-14(19)7(2)16/h5-8,12H,3-4H2,1-2H3. The van der Waals surface area contributed by atoms with Crippen LogP contribution in [0, 0.1) is 11.7 Å². The summed E-state index contributed by atoms with van der Waals surface area (Å²) in [6.45, 7) is 4.10. The van der Waals surface area contributed by atoms with Crippen LogP contribution in [0.3, 0.4) is 0 Å². The smallest absolute Gasteiger partial charge is 0.139 e. The van der Waals surface area contributed by atoms with Gasteiger partial charge in [0, 0.05) is 12.1 Å². The molecule has 1 aliphatic rings. The summed E-state index contributed by atoms with van der Waals surface area (Å²) < 4.78 is 16.4. The van der Waals surface area contributed by atoms with Gasteiger partial charge in [-0.05, 0) is 41.3 Å². The number of aromatic nitrogens is 2. The van der Waals surface area contributed by atoms with Gasteiger partial charge in [0.05, 0.1) is 20.9 Å². The molecule has 0 saturated heterocycles. The highest BCUT2D eigenvalue weighted by Gasteiger charge is 2.39. The minimum absolute atomic E-state index is 0.174. The van der Waals surface area contributed by atoms with Crippen LogP contribution in [0.4, 0.5) is 4.39 Å². The van der Waals surface area contributed by atoms with Crippen LogP contribution in [-0.4, -0.2) is 9.55 Å². The van der Waals surface area contributed by atoms with E-state index >= 15 is 0 Å². The number of benzene rings is 1. The van der Waals surface area contributed by atoms with E-state index < -0.39 is 0 Å². The third-order valence-electron chi connectivity index (χ3n) is 3.86. The minimum atomic E-state index is -0.254. The Kier molecular flexibility index (Phi) is 3.34. The van der Waals surface area contributed by atoms with Crippen molar-refractivity contribution in [2.24, 2.45) is 5.92 Å². The van der Waals surface area contributed by atoms with Gasteiger partial charge in [0.1, 0.15) is 11.6 Å². The summed E-state index contributed by atoms with van der Waals surface area (Å²) in [5.74, 6) is 1.25. The van der Waals surface area contributed by atoms with Crippen LogP contribution in [0.2, 0.25) is 0 Å². The topological polar surface area (TPSA) is 17.8 Å². The summed E-state index contributed by atoms with van der Waals surface area (Å²) in [5, 5.41) is -0.174. The molecule has 1 fully saturated rings. The van der Waals surface area contributed by atoms with Crippen LogP contribution in [0.25, 0.3) is 11.0 Å². The number of hydrogen-bond donors (Lipinski definition) is 0. The van der Waals surface area contributed by atoms with Crippen LogP contribution >= 0.6 is 27.5 Å². The average molecular weight is 346 g/mol. The highest BCUT2D eigenvalue weighted by atomic mass is 79.9. The van der Waals surface area contributed by atoms with Gasteiger partial charge in [-0.3, -0.25) is 0 Å². The van der Waals surface area contributed by atoms with E-state index in [9.17, 15) is 4.39 Å². The third-order valence-corrected chi connectivity index (χ3v) is 4.66. The van der Waals surface area contributed by atoms with Crippen molar-refractivity contribution in [1.29, 1.82) is 0 Å². The molecule has 3 rings (SSSR count). The molecule has 5 heteroatoms. The number of alkyl halides is 1. The minimum Gasteiger partial charge on any atom is -0.323 e. The number of rotatable bonds is 3. The summed E-state index contributed by atoms with van der Waals surface area (Å²) in [6.07, 6.45) is 2.27. The molecule has 0 radical (unpaired) electrons. The first-order chi connectivity index (χ1) is 9.02. The summed E-state index contributed by atoms with van der Waals surface area (Å²) in [5.41, 5.74) is 1.65. The normalized spacial score (nSPS) is 23.8. The monoisotopic (exact) mass is 344 g/mol. The molecule has 3 unspecified atom stereocenters. The number of fused-ring (bicyclic) bond motifs is 1. The van der Waals surface area contributed by atoms with E-state index in [0.29, 0.717) is 16.4 Å². The molecule has 2 aromatic rings. The van der Waals surface area contributed by atoms with Gasteiger partial charge < -0.3 is 4.57 Å². The molecule has 19 heavy (non-hydrogen) atoms. The van der Waals surface area contributed by atoms with Crippen LogP contribution in [0.1, 0.15) is 43.9 Å². The van der Waals surface area contributed by atoms with Crippen LogP contribution in [0.15, 0.2) is 16.6 Å². The SMILES string of the molecule is CCC1CC1n1c(C(C)Cl)nc2cc(Br)c(F)cc21. The van der Waals surface area contributed by atoms with E-state index in [1.54, 1.807) is 12.1 Å². The second-order valence-corrected chi connectivity index (χ2v) is 6.69. The molecular formula is C14H15BrClFN2. The molecule has 1 aliphatic carbocycles. The molecule has 0 N–H and O–H groups in total. The fourth-order valence-corrected chi connectivity index (χ4v) is 3.21. The van der Waals surface area contributed by atoms with Gasteiger partial charge >= 0.3 is 0 Å². The van der Waals surface area contributed by atoms with Crippen molar-refractivity contribution in [2.75, 3.05) is 0 Å². The molecule has 1 aromatic carbocycles. The van der Waals surface area contributed by atoms with E-state index in [-0.39, 0.29) is 11.2 Å². The van der Waals surface area contributed by atoms with Gasteiger partial charge in [-0.25, -0.2) is 9.37 Å². The van der Waals surface area contributed by atoms with Gasteiger partial charge in [0.15, 0.2) is 0 Å². The maximum absolute atomic E-state index is 13.8. The lowest BCUT2D eigenvalue weighted by Gasteiger charge is -2.10. The molecule has 3 atom stereocenters. The zero-order valence-electron chi connectivity index (χ0n) is 10.8. The molecular weight excluding hydrogens is 331 g/mol. The van der Waals surface area contributed by atoms with Crippen molar-refractivity contribution >= 4 is 38.6 Å². The van der Waals surface area contributed by atoms with Crippen molar-refractivity contribution in [2.45, 2.75) is 38.1 Å². The number of imidazole rings is 1. The summed E-state index contributed by atoms with van der Waals surface area (Å²) in [7, 11) is 0. The fraction of sp³-hybridized carbons (Fsp3) is 0.500. The molecule has 0 bridgehead atoms. The fourth-order valence-electron chi connectivity index (χ4n) is 2.72. The summed E-state index contributed by atoms with van der Waals surface area (Å²) >= 11 is 9.44. The first-order valence-electron chi connectivity index (χ1n) is 6.53. The molecule has 0 spiro atoms. The van der Waals surface area contributed by atoms with E-state index in [0.717, 1.165) is 29.7 Å². The summed E-state index contributed by atoms with van der Waals surface area (Å²) in [4.78, 5) is 4.58. The van der Waals surface area contributed by atoms with Crippen molar-refractivity contribution in [1.82, 2.24) is 9.55 Å². The maximum Gasteiger partial charge on any atom is 0.139 e. The Bertz CT molecular complexity index is 638. The molecule has 1 saturated carbocycles. The molecule has 1 heterocycles. The lowest BCUT2D eigenvalue weighted by Crippen LogP contribution is -2.03. The zero-order valence-corrected chi connectivity index (χ0v) is 13.2. The predicted molar refractivity (Wildman–Crippen MR) is 79.1 cm³/mol. The quantitative estimate of drug-likeness (QED) is 0.698. The zero-order chi connectivity index (χ0) is 13.7. The Labute approximate surface area is 125 Å². The van der Waals surface area contributed by atoms with Crippen LogP contribution < -0.4 is 0 Å².